The number of carbonyl (C=O) groups excluding carboxylic acids is 1. The maximum Gasteiger partial charge on any atom is 0.257 e. The Morgan fingerprint density at radius 3 is 2.72 bits per heavy atom. The van der Waals surface area contributed by atoms with Crippen LogP contribution < -0.4 is 15.4 Å². The average Bonchev–Trinajstić information content (AvgIpc) is 3.17. The molecule has 1 aromatic heterocycles. The molecule has 4 aromatic rings. The zero-order valence-corrected chi connectivity index (χ0v) is 18.7. The zero-order valence-electron chi connectivity index (χ0n) is 17.1. The van der Waals surface area contributed by atoms with Gasteiger partial charge >= 0.3 is 0 Å². The van der Waals surface area contributed by atoms with Crippen molar-refractivity contribution < 1.29 is 19.1 Å². The quantitative estimate of drug-likeness (QED) is 0.277. The van der Waals surface area contributed by atoms with Crippen LogP contribution in [0.4, 0.5) is 5.69 Å². The molecule has 3 aromatic carbocycles. The summed E-state index contributed by atoms with van der Waals surface area (Å²) in [6, 6.07) is 15.1. The molecule has 4 rings (SSSR count). The van der Waals surface area contributed by atoms with Crippen molar-refractivity contribution in [1.29, 1.82) is 0 Å². The first-order chi connectivity index (χ1) is 15.3. The first-order valence-corrected chi connectivity index (χ1v) is 10.3. The summed E-state index contributed by atoms with van der Waals surface area (Å²) in [5.74, 6) is 0.312. The van der Waals surface area contributed by atoms with E-state index in [-0.39, 0.29) is 16.8 Å². The molecule has 0 radical (unpaired) electrons. The lowest BCUT2D eigenvalue weighted by Gasteiger charge is -2.11. The number of hydrogen-bond donors (Lipinski definition) is 3. The highest BCUT2D eigenvalue weighted by atomic mass is 35.5. The van der Waals surface area contributed by atoms with Crippen molar-refractivity contribution in [2.75, 3.05) is 12.4 Å². The molecule has 3 N–H and O–H groups in total. The molecule has 32 heavy (non-hydrogen) atoms. The molecule has 0 aliphatic carbocycles. The van der Waals surface area contributed by atoms with Crippen molar-refractivity contribution in [2.45, 2.75) is 6.92 Å². The lowest BCUT2D eigenvalue weighted by molar-refractivity contribution is 0.0977. The number of phenolic OH excluding ortho intramolecular Hbond substituents is 1. The number of carbonyl (C=O) groups is 1. The molecule has 162 valence electrons. The number of fused-ring (bicyclic) bond motifs is 1. The number of nitrogens with one attached hydrogen (secondary N) is 2. The van der Waals surface area contributed by atoms with E-state index in [1.54, 1.807) is 24.3 Å². The lowest BCUT2D eigenvalue weighted by atomic mass is 10.1. The van der Waals surface area contributed by atoms with E-state index in [0.717, 1.165) is 5.56 Å². The highest BCUT2D eigenvalue weighted by molar-refractivity contribution is 7.80. The third kappa shape index (κ3) is 4.51. The van der Waals surface area contributed by atoms with E-state index in [1.807, 2.05) is 25.1 Å². The Morgan fingerprint density at radius 2 is 1.97 bits per heavy atom. The van der Waals surface area contributed by atoms with Crippen molar-refractivity contribution >= 4 is 51.6 Å². The zero-order chi connectivity index (χ0) is 22.8. The lowest BCUT2D eigenvalue weighted by Crippen LogP contribution is -2.34. The van der Waals surface area contributed by atoms with Gasteiger partial charge in [0, 0.05) is 11.3 Å². The summed E-state index contributed by atoms with van der Waals surface area (Å²) >= 11 is 11.3. The predicted octanol–water partition coefficient (Wildman–Crippen LogP) is 5.30. The van der Waals surface area contributed by atoms with Crippen LogP contribution in [0, 0.1) is 6.92 Å². The summed E-state index contributed by atoms with van der Waals surface area (Å²) in [6.45, 7) is 1.96. The van der Waals surface area contributed by atoms with Crippen LogP contribution in [-0.2, 0) is 0 Å². The van der Waals surface area contributed by atoms with Gasteiger partial charge in [-0.2, -0.15) is 0 Å². The van der Waals surface area contributed by atoms with E-state index in [4.69, 9.17) is 33.0 Å². The maximum atomic E-state index is 12.5. The topological polar surface area (TPSA) is 96.6 Å². The van der Waals surface area contributed by atoms with E-state index < -0.39 is 5.91 Å². The second kappa shape index (κ2) is 8.86. The van der Waals surface area contributed by atoms with Gasteiger partial charge in [-0.1, -0.05) is 17.7 Å². The van der Waals surface area contributed by atoms with Gasteiger partial charge in [-0.15, -0.1) is 0 Å². The van der Waals surface area contributed by atoms with Gasteiger partial charge in [0.15, 0.2) is 10.7 Å². The van der Waals surface area contributed by atoms with Crippen LogP contribution in [0.25, 0.3) is 22.6 Å². The van der Waals surface area contributed by atoms with Crippen LogP contribution >= 0.6 is 23.8 Å². The van der Waals surface area contributed by atoms with Crippen LogP contribution in [-0.4, -0.2) is 28.2 Å². The summed E-state index contributed by atoms with van der Waals surface area (Å²) in [5, 5.41) is 16.2. The fourth-order valence-corrected chi connectivity index (χ4v) is 3.55. The number of ether oxygens (including phenoxy) is 1. The number of rotatable bonds is 4. The Kier molecular flexibility index (Phi) is 5.98. The number of aromatic nitrogens is 1. The number of oxazole rings is 1. The summed E-state index contributed by atoms with van der Waals surface area (Å²) in [6.07, 6.45) is 0. The molecule has 0 spiro atoms. The first-order valence-electron chi connectivity index (χ1n) is 9.50. The van der Waals surface area contributed by atoms with Gasteiger partial charge in [0.05, 0.1) is 17.7 Å². The van der Waals surface area contributed by atoms with Crippen LogP contribution in [0.5, 0.6) is 11.5 Å². The summed E-state index contributed by atoms with van der Waals surface area (Å²) in [7, 11) is 1.49. The van der Waals surface area contributed by atoms with Crippen molar-refractivity contribution in [3.8, 4) is 23.0 Å². The van der Waals surface area contributed by atoms with Gasteiger partial charge < -0.3 is 19.6 Å². The van der Waals surface area contributed by atoms with Gasteiger partial charge in [0.25, 0.3) is 5.91 Å². The van der Waals surface area contributed by atoms with Crippen molar-refractivity contribution in [3.63, 3.8) is 0 Å². The number of aryl methyl sites for hydroxylation is 1. The van der Waals surface area contributed by atoms with Crippen molar-refractivity contribution in [2.24, 2.45) is 0 Å². The minimum atomic E-state index is -0.430. The molecular weight excluding hydrogens is 450 g/mol. The van der Waals surface area contributed by atoms with Crippen molar-refractivity contribution in [1.82, 2.24) is 10.3 Å². The maximum absolute atomic E-state index is 12.5. The molecule has 0 atom stereocenters. The summed E-state index contributed by atoms with van der Waals surface area (Å²) in [4.78, 5) is 16.9. The van der Waals surface area contributed by atoms with Crippen LogP contribution in [0.2, 0.25) is 5.02 Å². The fraction of sp³-hybridized carbons (Fsp3) is 0.0870. The fourth-order valence-electron chi connectivity index (χ4n) is 3.08. The number of benzene rings is 3. The Hall–Kier alpha value is -3.62. The number of anilines is 1. The molecule has 0 fully saturated rings. The standard InChI is InChI=1S/C23H18ClN3O4S/c1-12-3-6-17-20(9-12)31-22(26-17)15-11-14(5-7-18(15)28)25-23(32)27-21(29)13-4-8-19(30-2)16(24)10-13/h3-11,28H,1-2H3,(H2,25,27,29,32). The Morgan fingerprint density at radius 1 is 1.16 bits per heavy atom. The molecule has 9 heteroatoms. The largest absolute Gasteiger partial charge is 0.507 e. The number of halogens is 1. The van der Waals surface area contributed by atoms with Gasteiger partial charge in [0.2, 0.25) is 5.89 Å². The normalized spacial score (nSPS) is 10.7. The molecule has 0 aliphatic rings. The van der Waals surface area contributed by atoms with Crippen LogP contribution in [0.1, 0.15) is 15.9 Å². The molecule has 0 saturated heterocycles. The van der Waals surface area contributed by atoms with E-state index in [2.05, 4.69) is 15.6 Å². The number of hydrogen-bond acceptors (Lipinski definition) is 6. The Balaban J connectivity index is 1.51. The number of thiocarbonyl (C=S) groups is 1. The third-order valence-corrected chi connectivity index (χ3v) is 5.17. The number of phenols is 1. The first kappa shape index (κ1) is 21.6. The molecule has 0 bridgehead atoms. The Bertz CT molecular complexity index is 1350. The minimum absolute atomic E-state index is 0.00153. The van der Waals surface area contributed by atoms with E-state index in [1.165, 1.54) is 19.2 Å². The summed E-state index contributed by atoms with van der Waals surface area (Å²) < 4.78 is 10.9. The minimum Gasteiger partial charge on any atom is -0.507 e. The van der Waals surface area contributed by atoms with Gasteiger partial charge in [0.1, 0.15) is 17.0 Å². The average molecular weight is 468 g/mol. The third-order valence-electron chi connectivity index (χ3n) is 4.67. The molecule has 7 nitrogen and oxygen atoms in total. The molecule has 0 unspecified atom stereocenters. The molecule has 1 heterocycles. The molecule has 0 saturated carbocycles. The molecular formula is C23H18ClN3O4S. The van der Waals surface area contributed by atoms with E-state index in [9.17, 15) is 9.90 Å². The number of nitrogens with zero attached hydrogens (tertiary/aromatic N) is 1. The summed E-state index contributed by atoms with van der Waals surface area (Å²) in [5.41, 5.74) is 3.60. The second-order valence-corrected chi connectivity index (χ2v) is 7.80. The Labute approximate surface area is 194 Å². The highest BCUT2D eigenvalue weighted by Crippen LogP contribution is 2.33. The monoisotopic (exact) mass is 467 g/mol. The SMILES string of the molecule is COc1ccc(C(=O)NC(=S)Nc2ccc(O)c(-c3nc4ccc(C)cc4o3)c2)cc1Cl. The molecule has 1 amide bonds. The number of amides is 1. The van der Waals surface area contributed by atoms with Crippen molar-refractivity contribution in [3.05, 3.63) is 70.7 Å². The van der Waals surface area contributed by atoms with E-state index in [0.29, 0.717) is 38.7 Å². The molecule has 0 aliphatic heterocycles. The van der Waals surface area contributed by atoms with Gasteiger partial charge in [-0.05, 0) is 73.2 Å². The predicted molar refractivity (Wildman–Crippen MR) is 128 cm³/mol. The van der Waals surface area contributed by atoms with Gasteiger partial charge in [-0.3, -0.25) is 10.1 Å². The van der Waals surface area contributed by atoms with E-state index >= 15 is 0 Å². The number of aromatic hydroxyl groups is 1. The highest BCUT2D eigenvalue weighted by Gasteiger charge is 2.15. The van der Waals surface area contributed by atoms with Crippen LogP contribution in [0.3, 0.4) is 0 Å². The van der Waals surface area contributed by atoms with Gasteiger partial charge in [-0.25, -0.2) is 4.98 Å². The second-order valence-electron chi connectivity index (χ2n) is 6.98. The smallest absolute Gasteiger partial charge is 0.257 e. The van der Waals surface area contributed by atoms with Crippen LogP contribution in [0.15, 0.2) is 59.0 Å². The number of methoxy groups -OCH3 is 1.